The largest absolute Gasteiger partial charge is 0.380 e. The number of rotatable bonds is 7. The number of aryl methyl sites for hydroxylation is 1. The van der Waals surface area contributed by atoms with Crippen molar-refractivity contribution in [2.75, 3.05) is 20.3 Å². The second-order valence-corrected chi connectivity index (χ2v) is 8.95. The van der Waals surface area contributed by atoms with Crippen LogP contribution in [0.15, 0.2) is 42.5 Å². The third-order valence-electron chi connectivity index (χ3n) is 6.86. The SMILES string of the molecule is C#CCC1(C(=O)NC2CC(N(C)C(=O)CCc3ccc4ccccc4c3)C2)CCOC1. The van der Waals surface area contributed by atoms with E-state index in [0.717, 1.165) is 19.3 Å². The molecule has 5 nitrogen and oxygen atoms in total. The molecule has 1 saturated heterocycles. The Bertz CT molecular complexity index is 997. The molecule has 1 N–H and O–H groups in total. The number of fused-ring (bicyclic) bond motifs is 1. The Balaban J connectivity index is 1.24. The number of hydrogen-bond donors (Lipinski definition) is 1. The van der Waals surface area contributed by atoms with Crippen molar-refractivity contribution in [1.82, 2.24) is 10.2 Å². The third kappa shape index (κ3) is 4.60. The summed E-state index contributed by atoms with van der Waals surface area (Å²) in [6.45, 7) is 0.975. The Morgan fingerprint density at radius 3 is 2.71 bits per heavy atom. The van der Waals surface area contributed by atoms with Crippen LogP contribution in [0.4, 0.5) is 0 Å². The molecule has 2 aliphatic rings. The number of nitrogens with one attached hydrogen (secondary N) is 1. The lowest BCUT2D eigenvalue weighted by molar-refractivity contribution is -0.135. The Kier molecular flexibility index (Phi) is 6.29. The lowest BCUT2D eigenvalue weighted by Gasteiger charge is -2.42. The van der Waals surface area contributed by atoms with Crippen LogP contribution in [-0.4, -0.2) is 49.1 Å². The molecule has 2 fully saturated rings. The topological polar surface area (TPSA) is 58.6 Å². The minimum atomic E-state index is -0.582. The van der Waals surface area contributed by atoms with Gasteiger partial charge in [-0.1, -0.05) is 42.5 Å². The first kappa shape index (κ1) is 21.4. The second kappa shape index (κ2) is 9.11. The van der Waals surface area contributed by atoms with Crippen LogP contribution in [0.3, 0.4) is 0 Å². The van der Waals surface area contributed by atoms with Gasteiger partial charge in [0, 0.05) is 38.6 Å². The molecule has 162 valence electrons. The molecule has 0 spiro atoms. The number of carbonyl (C=O) groups excluding carboxylic acids is 2. The second-order valence-electron chi connectivity index (χ2n) is 8.95. The average Bonchev–Trinajstić information content (AvgIpc) is 3.23. The molecule has 1 unspecified atom stereocenters. The molecule has 1 aliphatic heterocycles. The van der Waals surface area contributed by atoms with Gasteiger partial charge in [-0.2, -0.15) is 0 Å². The average molecular weight is 419 g/mol. The highest BCUT2D eigenvalue weighted by atomic mass is 16.5. The van der Waals surface area contributed by atoms with Gasteiger partial charge in [0.25, 0.3) is 0 Å². The van der Waals surface area contributed by atoms with Gasteiger partial charge in [-0.15, -0.1) is 12.3 Å². The van der Waals surface area contributed by atoms with Crippen molar-refractivity contribution < 1.29 is 14.3 Å². The summed E-state index contributed by atoms with van der Waals surface area (Å²) in [5.74, 6) is 2.77. The highest BCUT2D eigenvalue weighted by Gasteiger charge is 2.44. The van der Waals surface area contributed by atoms with Gasteiger partial charge in [0.1, 0.15) is 0 Å². The van der Waals surface area contributed by atoms with Crippen LogP contribution in [0.25, 0.3) is 10.8 Å². The molecule has 1 saturated carbocycles. The van der Waals surface area contributed by atoms with E-state index in [9.17, 15) is 9.59 Å². The molecule has 4 rings (SSSR count). The van der Waals surface area contributed by atoms with Crippen molar-refractivity contribution in [2.24, 2.45) is 5.41 Å². The third-order valence-corrected chi connectivity index (χ3v) is 6.86. The van der Waals surface area contributed by atoms with E-state index in [1.165, 1.54) is 16.3 Å². The van der Waals surface area contributed by atoms with Gasteiger partial charge in [0.05, 0.1) is 12.0 Å². The summed E-state index contributed by atoms with van der Waals surface area (Å²) in [6, 6.07) is 14.9. The predicted octanol–water partition coefficient (Wildman–Crippen LogP) is 3.31. The van der Waals surface area contributed by atoms with Gasteiger partial charge in [0.2, 0.25) is 11.8 Å². The summed E-state index contributed by atoms with van der Waals surface area (Å²) in [6.07, 6.45) is 9.35. The zero-order chi connectivity index (χ0) is 21.8. The van der Waals surface area contributed by atoms with Gasteiger partial charge in [-0.3, -0.25) is 9.59 Å². The predicted molar refractivity (Wildman–Crippen MR) is 121 cm³/mol. The van der Waals surface area contributed by atoms with Gasteiger partial charge in [-0.05, 0) is 42.0 Å². The fourth-order valence-electron chi connectivity index (χ4n) is 4.59. The Morgan fingerprint density at radius 2 is 2.00 bits per heavy atom. The number of ether oxygens (including phenoxy) is 1. The fourth-order valence-corrected chi connectivity index (χ4v) is 4.59. The molecule has 31 heavy (non-hydrogen) atoms. The van der Waals surface area contributed by atoms with Crippen molar-refractivity contribution >= 4 is 22.6 Å². The summed E-state index contributed by atoms with van der Waals surface area (Å²) < 4.78 is 5.44. The number of nitrogens with zero attached hydrogens (tertiary/aromatic N) is 1. The molecule has 2 aromatic carbocycles. The van der Waals surface area contributed by atoms with Crippen molar-refractivity contribution in [3.63, 3.8) is 0 Å². The first-order valence-corrected chi connectivity index (χ1v) is 11.1. The van der Waals surface area contributed by atoms with E-state index in [0.29, 0.717) is 32.5 Å². The Hall–Kier alpha value is -2.84. The monoisotopic (exact) mass is 418 g/mol. The number of terminal acetylenes is 1. The van der Waals surface area contributed by atoms with Crippen LogP contribution in [0.2, 0.25) is 0 Å². The van der Waals surface area contributed by atoms with Gasteiger partial charge >= 0.3 is 0 Å². The number of amides is 2. The molecular weight excluding hydrogens is 388 g/mol. The normalized spacial score (nSPS) is 24.9. The lowest BCUT2D eigenvalue weighted by Crippen LogP contribution is -2.56. The molecule has 5 heteroatoms. The zero-order valence-electron chi connectivity index (χ0n) is 18.1. The highest BCUT2D eigenvalue weighted by molar-refractivity contribution is 5.84. The number of carbonyl (C=O) groups is 2. The molecule has 0 bridgehead atoms. The minimum Gasteiger partial charge on any atom is -0.380 e. The van der Waals surface area contributed by atoms with E-state index in [1.54, 1.807) is 0 Å². The molecular formula is C26H30N2O3. The summed E-state index contributed by atoms with van der Waals surface area (Å²) in [7, 11) is 1.87. The first-order valence-electron chi connectivity index (χ1n) is 11.1. The Labute approximate surface area is 184 Å². The molecule has 2 amide bonds. The molecule has 0 aromatic heterocycles. The van der Waals surface area contributed by atoms with E-state index >= 15 is 0 Å². The van der Waals surface area contributed by atoms with Gasteiger partial charge in [-0.25, -0.2) is 0 Å². The molecule has 2 aromatic rings. The maximum Gasteiger partial charge on any atom is 0.229 e. The van der Waals surface area contributed by atoms with E-state index in [1.807, 2.05) is 24.1 Å². The van der Waals surface area contributed by atoms with E-state index < -0.39 is 5.41 Å². The number of benzene rings is 2. The standard InChI is InChI=1S/C26H30N2O3/c1-3-12-26(13-14-31-18-26)25(30)27-22-16-23(17-22)28(2)24(29)11-9-19-8-10-20-6-4-5-7-21(20)15-19/h1,4-8,10,15,22-23H,9,11-14,16-18H2,2H3,(H,27,30). The first-order chi connectivity index (χ1) is 15.0. The molecule has 1 heterocycles. The van der Waals surface area contributed by atoms with Crippen molar-refractivity contribution in [3.05, 3.63) is 48.0 Å². The zero-order valence-corrected chi connectivity index (χ0v) is 18.1. The van der Waals surface area contributed by atoms with Crippen LogP contribution in [-0.2, 0) is 20.7 Å². The van der Waals surface area contributed by atoms with Crippen molar-refractivity contribution in [3.8, 4) is 12.3 Å². The van der Waals surface area contributed by atoms with Crippen molar-refractivity contribution in [1.29, 1.82) is 0 Å². The van der Waals surface area contributed by atoms with E-state index in [-0.39, 0.29) is 23.9 Å². The van der Waals surface area contributed by atoms with Crippen LogP contribution in [0, 0.1) is 17.8 Å². The summed E-state index contributed by atoms with van der Waals surface area (Å²) in [5, 5.41) is 5.55. The van der Waals surface area contributed by atoms with E-state index in [2.05, 4.69) is 41.6 Å². The Morgan fingerprint density at radius 1 is 1.23 bits per heavy atom. The van der Waals surface area contributed by atoms with Crippen LogP contribution in [0.5, 0.6) is 0 Å². The van der Waals surface area contributed by atoms with Gasteiger partial charge < -0.3 is 15.0 Å². The maximum atomic E-state index is 12.8. The van der Waals surface area contributed by atoms with Crippen LogP contribution >= 0.6 is 0 Å². The lowest BCUT2D eigenvalue weighted by atomic mass is 9.80. The van der Waals surface area contributed by atoms with Crippen molar-refractivity contribution in [2.45, 2.75) is 50.6 Å². The highest BCUT2D eigenvalue weighted by Crippen LogP contribution is 2.34. The molecule has 1 aliphatic carbocycles. The quantitative estimate of drug-likeness (QED) is 0.702. The van der Waals surface area contributed by atoms with E-state index in [4.69, 9.17) is 11.2 Å². The molecule has 1 atom stereocenters. The number of hydrogen-bond acceptors (Lipinski definition) is 3. The van der Waals surface area contributed by atoms with Gasteiger partial charge in [0.15, 0.2) is 0 Å². The fraction of sp³-hybridized carbons (Fsp3) is 0.462. The smallest absolute Gasteiger partial charge is 0.229 e. The van der Waals surface area contributed by atoms with Crippen LogP contribution < -0.4 is 5.32 Å². The van der Waals surface area contributed by atoms with Crippen LogP contribution in [0.1, 0.15) is 37.7 Å². The summed E-state index contributed by atoms with van der Waals surface area (Å²) >= 11 is 0. The molecule has 0 radical (unpaired) electrons. The summed E-state index contributed by atoms with van der Waals surface area (Å²) in [5.41, 5.74) is 0.596. The summed E-state index contributed by atoms with van der Waals surface area (Å²) in [4.78, 5) is 27.3. The minimum absolute atomic E-state index is 0.00307. The maximum absolute atomic E-state index is 12.8.